The number of piperidine rings is 2. The van der Waals surface area contributed by atoms with Gasteiger partial charge in [0.15, 0.2) is 0 Å². The maximum absolute atomic E-state index is 14.1. The Morgan fingerprint density at radius 3 is 1.45 bits per heavy atom. The molecular weight excluding hydrogens is 725 g/mol. The summed E-state index contributed by atoms with van der Waals surface area (Å²) in [6.45, 7) is 8.72. The first-order valence-corrected chi connectivity index (χ1v) is 22.8. The summed E-state index contributed by atoms with van der Waals surface area (Å²) in [5.41, 5.74) is 6.32. The van der Waals surface area contributed by atoms with Crippen molar-refractivity contribution in [2.45, 2.75) is 128 Å². The van der Waals surface area contributed by atoms with Gasteiger partial charge in [0.1, 0.15) is 0 Å². The monoisotopic (exact) mass is 793 g/mol. The van der Waals surface area contributed by atoms with Crippen LogP contribution in [0.4, 0.5) is 0 Å². The number of rotatable bonds is 15. The van der Waals surface area contributed by atoms with E-state index in [0.717, 1.165) is 102 Å². The number of nitrogens with one attached hydrogen (secondary N) is 2. The molecule has 8 rings (SSSR count). The van der Waals surface area contributed by atoms with E-state index in [0.29, 0.717) is 36.8 Å². The fourth-order valence-corrected chi connectivity index (χ4v) is 13.0. The van der Waals surface area contributed by atoms with E-state index in [2.05, 4.69) is 69.7 Å². The van der Waals surface area contributed by atoms with Crippen molar-refractivity contribution in [2.24, 2.45) is 23.7 Å². The van der Waals surface area contributed by atoms with Crippen molar-refractivity contribution in [1.29, 1.82) is 0 Å². The van der Waals surface area contributed by atoms with Gasteiger partial charge in [0.2, 0.25) is 22.9 Å². The van der Waals surface area contributed by atoms with Crippen LogP contribution in [0.5, 0.6) is 0 Å². The molecule has 10 heteroatoms. The van der Waals surface area contributed by atoms with Crippen molar-refractivity contribution >= 4 is 11.8 Å². The van der Waals surface area contributed by atoms with Gasteiger partial charge >= 0.3 is 0 Å². The number of carbonyl (C=O) groups is 2. The molecule has 2 aromatic rings. The minimum atomic E-state index is -0.343. The van der Waals surface area contributed by atoms with E-state index < -0.39 is 0 Å². The molecule has 4 aliphatic carbocycles. The minimum Gasteiger partial charge on any atom is -0.331 e. The number of carbonyl (C=O) groups excluding carboxylic acids is 2. The molecule has 2 aliphatic heterocycles. The van der Waals surface area contributed by atoms with Crippen LogP contribution in [0.2, 0.25) is 0 Å². The highest BCUT2D eigenvalue weighted by Crippen LogP contribution is 2.58. The van der Waals surface area contributed by atoms with E-state index in [4.69, 9.17) is 0 Å². The Bertz CT molecular complexity index is 1890. The van der Waals surface area contributed by atoms with Crippen LogP contribution in [0.1, 0.15) is 126 Å². The molecule has 4 unspecified atom stereocenters. The third-order valence-electron chi connectivity index (χ3n) is 15.2. The molecule has 10 nitrogen and oxygen atoms in total. The molecule has 0 aromatic carbocycles. The number of aromatic amines is 2. The third-order valence-corrected chi connectivity index (χ3v) is 15.2. The molecule has 2 fully saturated rings. The van der Waals surface area contributed by atoms with Gasteiger partial charge < -0.3 is 19.8 Å². The maximum atomic E-state index is 14.1. The number of allylic oxidation sites excluding steroid dienone is 2. The summed E-state index contributed by atoms with van der Waals surface area (Å²) in [5.74, 6) is 2.01. The normalized spacial score (nSPS) is 28.3. The number of H-pyrrole nitrogens is 2. The highest BCUT2D eigenvalue weighted by molar-refractivity contribution is 5.80. The van der Waals surface area contributed by atoms with E-state index in [1.807, 2.05) is 12.1 Å². The minimum absolute atomic E-state index is 0.0528. The number of nitrogens with zero attached hydrogens (tertiary/aromatic N) is 4. The van der Waals surface area contributed by atoms with Gasteiger partial charge in [-0.15, -0.1) is 0 Å². The van der Waals surface area contributed by atoms with Crippen molar-refractivity contribution in [2.75, 3.05) is 53.4 Å². The Kier molecular flexibility index (Phi) is 12.1. The summed E-state index contributed by atoms with van der Waals surface area (Å²) in [5, 5.41) is 0. The zero-order valence-electron chi connectivity index (χ0n) is 35.8. The van der Waals surface area contributed by atoms with Crippen LogP contribution in [0.25, 0.3) is 0 Å². The number of aromatic nitrogens is 2. The summed E-state index contributed by atoms with van der Waals surface area (Å²) < 4.78 is 0. The Balaban J connectivity index is 0.734. The topological polar surface area (TPSA) is 113 Å². The van der Waals surface area contributed by atoms with Crippen molar-refractivity contribution in [1.82, 2.24) is 29.6 Å². The van der Waals surface area contributed by atoms with Gasteiger partial charge in [-0.1, -0.05) is 61.8 Å². The SMILES string of the molecule is CC1=CC2Cc3[nH]c(=O)ccc3[C@]3(C1)C2CCCN3C(=O)CN(C)CCCCCCCCCCN(C)CC(=O)N1CCCC2C3C=C(C)C[C@@]21c1ccc(=O)[nH]c1C3. The second-order valence-corrected chi connectivity index (χ2v) is 19.3. The summed E-state index contributed by atoms with van der Waals surface area (Å²) in [4.78, 5) is 67.8. The molecule has 2 aromatic heterocycles. The molecule has 0 radical (unpaired) electrons. The van der Waals surface area contributed by atoms with Gasteiger partial charge in [0, 0.05) is 36.6 Å². The van der Waals surface area contributed by atoms with Gasteiger partial charge in [-0.05, 0) is 152 Å². The predicted molar refractivity (Wildman–Crippen MR) is 229 cm³/mol. The second kappa shape index (κ2) is 17.1. The molecule has 58 heavy (non-hydrogen) atoms. The molecule has 4 heterocycles. The Labute approximate surface area is 345 Å². The molecular formula is C48H68N6O4. The Hall–Kier alpha value is -3.76. The predicted octanol–water partition coefficient (Wildman–Crippen LogP) is 6.66. The summed E-state index contributed by atoms with van der Waals surface area (Å²) >= 11 is 0. The van der Waals surface area contributed by atoms with Crippen molar-refractivity contribution in [3.05, 3.63) is 90.8 Å². The van der Waals surface area contributed by atoms with Gasteiger partial charge in [0.05, 0.1) is 24.2 Å². The standard InChI is InChI=1S/C48H68N6O4/c1-33-25-35-27-41-39(17-19-43(55)49-41)47(29-33)37(35)15-13-23-53(47)45(57)31-51(3)21-11-9-7-5-6-8-10-12-22-52(4)32-46(58)54-24-14-16-38-36-26-34(2)30-48(38,54)40-18-20-44(56)50-42(40)28-36/h17-20,25-26,35-38H,5-16,21-24,27-32H2,1-4H3,(H,49,55)(H,50,56)/t35?,36?,37?,38?,47-,48-/m0/s1. The van der Waals surface area contributed by atoms with Gasteiger partial charge in [0.25, 0.3) is 0 Å². The lowest BCUT2D eigenvalue weighted by molar-refractivity contribution is -0.149. The molecule has 2 N–H and O–H groups in total. The number of unbranched alkanes of at least 4 members (excludes halogenated alkanes) is 7. The van der Waals surface area contributed by atoms with E-state index in [9.17, 15) is 19.2 Å². The van der Waals surface area contributed by atoms with E-state index in [-0.39, 0.29) is 34.0 Å². The zero-order chi connectivity index (χ0) is 40.6. The van der Waals surface area contributed by atoms with Gasteiger partial charge in [-0.3, -0.25) is 29.0 Å². The van der Waals surface area contributed by atoms with Crippen LogP contribution in [-0.4, -0.2) is 94.7 Å². The Morgan fingerprint density at radius 1 is 0.638 bits per heavy atom. The third kappa shape index (κ3) is 7.73. The van der Waals surface area contributed by atoms with Crippen molar-refractivity contribution < 1.29 is 9.59 Å². The molecule has 0 spiro atoms. The lowest BCUT2D eigenvalue weighted by Gasteiger charge is -2.59. The van der Waals surface area contributed by atoms with Crippen LogP contribution in [0.15, 0.2) is 57.2 Å². The molecule has 0 saturated carbocycles. The lowest BCUT2D eigenvalue weighted by Crippen LogP contribution is -2.63. The summed E-state index contributed by atoms with van der Waals surface area (Å²) in [6.07, 6.45) is 22.1. The number of hydrogen-bond acceptors (Lipinski definition) is 6. The van der Waals surface area contributed by atoms with Crippen LogP contribution in [-0.2, 0) is 33.5 Å². The Morgan fingerprint density at radius 2 is 1.03 bits per heavy atom. The largest absolute Gasteiger partial charge is 0.331 e. The van der Waals surface area contributed by atoms with Crippen molar-refractivity contribution in [3.63, 3.8) is 0 Å². The number of fused-ring (bicyclic) bond motifs is 2. The van der Waals surface area contributed by atoms with E-state index >= 15 is 0 Å². The van der Waals surface area contributed by atoms with Crippen LogP contribution in [0.3, 0.4) is 0 Å². The average Bonchev–Trinajstić information content (AvgIpc) is 3.17. The quantitative estimate of drug-likeness (QED) is 0.154. The first kappa shape index (κ1) is 41.0. The molecule has 6 atom stereocenters. The lowest BCUT2D eigenvalue weighted by atomic mass is 9.56. The summed E-state index contributed by atoms with van der Waals surface area (Å²) in [6, 6.07) is 7.34. The number of likely N-dealkylation sites (N-methyl/N-ethyl adjacent to an activating group) is 2. The molecule has 314 valence electrons. The fourth-order valence-electron chi connectivity index (χ4n) is 13.0. The van der Waals surface area contributed by atoms with Crippen LogP contribution in [0, 0.1) is 23.7 Å². The van der Waals surface area contributed by atoms with Crippen LogP contribution >= 0.6 is 0 Å². The van der Waals surface area contributed by atoms with E-state index in [1.165, 1.54) is 60.8 Å². The highest BCUT2D eigenvalue weighted by Gasteiger charge is 2.58. The molecule has 2 saturated heterocycles. The van der Waals surface area contributed by atoms with Crippen molar-refractivity contribution in [3.8, 4) is 0 Å². The molecule has 4 bridgehead atoms. The smallest absolute Gasteiger partial charge is 0.248 e. The molecule has 2 amide bonds. The average molecular weight is 793 g/mol. The highest BCUT2D eigenvalue weighted by atomic mass is 16.2. The van der Waals surface area contributed by atoms with Gasteiger partial charge in [-0.25, -0.2) is 0 Å². The van der Waals surface area contributed by atoms with Gasteiger partial charge in [-0.2, -0.15) is 0 Å². The molecule has 6 aliphatic rings. The fraction of sp³-hybridized carbons (Fsp3) is 0.667. The second-order valence-electron chi connectivity index (χ2n) is 19.3. The number of likely N-dealkylation sites (tertiary alicyclic amines) is 2. The van der Waals surface area contributed by atoms with Crippen LogP contribution < -0.4 is 11.1 Å². The summed E-state index contributed by atoms with van der Waals surface area (Å²) in [7, 11) is 4.18. The van der Waals surface area contributed by atoms with E-state index in [1.54, 1.807) is 12.1 Å². The first-order valence-electron chi connectivity index (χ1n) is 22.8. The number of hydrogen-bond donors (Lipinski definition) is 2. The maximum Gasteiger partial charge on any atom is 0.248 e. The number of amides is 2. The number of pyridine rings is 2. The zero-order valence-corrected chi connectivity index (χ0v) is 35.8. The first-order chi connectivity index (χ1) is 28.0.